The third-order valence-electron chi connectivity index (χ3n) is 3.25. The lowest BCUT2D eigenvalue weighted by Gasteiger charge is -2.25. The number of carbonyl (C=O) groups is 1. The summed E-state index contributed by atoms with van der Waals surface area (Å²) >= 11 is 0. The zero-order valence-electron chi connectivity index (χ0n) is 9.71. The number of hydrogen-bond acceptors (Lipinski definition) is 1. The summed E-state index contributed by atoms with van der Waals surface area (Å²) in [7, 11) is 0. The van der Waals surface area contributed by atoms with Crippen LogP contribution in [0.5, 0.6) is 0 Å². The van der Waals surface area contributed by atoms with Crippen LogP contribution in [0.1, 0.15) is 50.7 Å². The van der Waals surface area contributed by atoms with Crippen LogP contribution >= 0.6 is 0 Å². The van der Waals surface area contributed by atoms with Gasteiger partial charge in [0, 0.05) is 12.3 Å². The molecule has 1 aliphatic rings. The number of carbonyl (C=O) groups excluding carboxylic acids is 1. The number of ketones is 1. The van der Waals surface area contributed by atoms with Gasteiger partial charge in [0.1, 0.15) is 5.78 Å². The van der Waals surface area contributed by atoms with Crippen molar-refractivity contribution in [3.63, 3.8) is 0 Å². The van der Waals surface area contributed by atoms with Crippen LogP contribution in [0.25, 0.3) is 0 Å². The van der Waals surface area contributed by atoms with Gasteiger partial charge in [-0.25, -0.2) is 0 Å². The topological polar surface area (TPSA) is 17.1 Å². The highest BCUT2D eigenvalue weighted by atomic mass is 16.1. The van der Waals surface area contributed by atoms with Gasteiger partial charge in [0.15, 0.2) is 0 Å². The van der Waals surface area contributed by atoms with E-state index in [9.17, 15) is 4.79 Å². The molecule has 1 aromatic rings. The minimum Gasteiger partial charge on any atom is -0.299 e. The molecule has 1 aliphatic carbocycles. The molecule has 0 aromatic heterocycles. The van der Waals surface area contributed by atoms with Crippen molar-refractivity contribution in [3.05, 3.63) is 35.4 Å². The maximum Gasteiger partial charge on any atom is 0.140 e. The Morgan fingerprint density at radius 3 is 2.07 bits per heavy atom. The van der Waals surface area contributed by atoms with E-state index >= 15 is 0 Å². The number of benzene rings is 1. The van der Waals surface area contributed by atoms with Crippen LogP contribution in [0.15, 0.2) is 24.3 Å². The van der Waals surface area contributed by atoms with Gasteiger partial charge in [-0.1, -0.05) is 45.0 Å². The molecule has 1 heteroatoms. The lowest BCUT2D eigenvalue weighted by Crippen LogP contribution is -2.23. The van der Waals surface area contributed by atoms with Gasteiger partial charge in [0.2, 0.25) is 0 Å². The van der Waals surface area contributed by atoms with E-state index in [-0.39, 0.29) is 11.3 Å². The molecule has 0 saturated heterocycles. The Morgan fingerprint density at radius 2 is 1.73 bits per heavy atom. The van der Waals surface area contributed by atoms with Gasteiger partial charge in [-0.2, -0.15) is 0 Å². The first-order chi connectivity index (χ1) is 6.98. The third-order valence-corrected chi connectivity index (χ3v) is 3.25. The molecule has 1 saturated carbocycles. The molecule has 1 unspecified atom stereocenters. The summed E-state index contributed by atoms with van der Waals surface area (Å²) in [5, 5.41) is 0. The molecule has 15 heavy (non-hydrogen) atoms. The van der Waals surface area contributed by atoms with Gasteiger partial charge in [0.05, 0.1) is 0 Å². The number of Topliss-reactive ketones (excluding diaryl/α,β-unsaturated/α-hetero) is 1. The van der Waals surface area contributed by atoms with Crippen LogP contribution in [-0.2, 0) is 10.2 Å². The molecule has 80 valence electrons. The molecule has 0 amide bonds. The molecular formula is C14H18O. The minimum absolute atomic E-state index is 0.194. The number of rotatable bonds is 1. The highest BCUT2D eigenvalue weighted by Gasteiger charge is 2.29. The molecular weight excluding hydrogens is 184 g/mol. The van der Waals surface area contributed by atoms with E-state index in [0.717, 1.165) is 12.8 Å². The molecule has 1 aromatic carbocycles. The average Bonchev–Trinajstić information content (AvgIpc) is 2.15. The van der Waals surface area contributed by atoms with Crippen molar-refractivity contribution >= 4 is 5.78 Å². The van der Waals surface area contributed by atoms with Gasteiger partial charge in [-0.15, -0.1) is 0 Å². The van der Waals surface area contributed by atoms with Crippen molar-refractivity contribution in [2.75, 3.05) is 0 Å². The van der Waals surface area contributed by atoms with E-state index in [2.05, 4.69) is 45.0 Å². The molecule has 0 spiro atoms. The fraction of sp³-hybridized carbons (Fsp3) is 0.500. The maximum atomic E-state index is 11.3. The first-order valence-corrected chi connectivity index (χ1v) is 5.61. The minimum atomic E-state index is 0.194. The summed E-state index contributed by atoms with van der Waals surface area (Å²) in [4.78, 5) is 11.3. The van der Waals surface area contributed by atoms with Crippen LogP contribution in [0.2, 0.25) is 0 Å². The van der Waals surface area contributed by atoms with E-state index in [1.54, 1.807) is 0 Å². The number of hydrogen-bond donors (Lipinski definition) is 0. The van der Waals surface area contributed by atoms with Crippen LogP contribution in [0, 0.1) is 0 Å². The van der Waals surface area contributed by atoms with Crippen molar-refractivity contribution in [1.82, 2.24) is 0 Å². The SMILES string of the molecule is CC(C)(C)c1ccc(C2CCC2=O)cc1. The van der Waals surface area contributed by atoms with Crippen molar-refractivity contribution in [1.29, 1.82) is 0 Å². The lowest BCUT2D eigenvalue weighted by atomic mass is 9.77. The molecule has 0 radical (unpaired) electrons. The first-order valence-electron chi connectivity index (χ1n) is 5.61. The summed E-state index contributed by atoms with van der Waals surface area (Å²) in [6.45, 7) is 6.61. The lowest BCUT2D eigenvalue weighted by molar-refractivity contribution is -0.125. The second kappa shape index (κ2) is 3.48. The Morgan fingerprint density at radius 1 is 1.13 bits per heavy atom. The smallest absolute Gasteiger partial charge is 0.140 e. The standard InChI is InChI=1S/C14H18O/c1-14(2,3)11-6-4-10(5-7-11)12-8-9-13(12)15/h4-7,12H,8-9H2,1-3H3. The molecule has 0 bridgehead atoms. The van der Waals surface area contributed by atoms with Gasteiger partial charge in [-0.05, 0) is 23.0 Å². The Hall–Kier alpha value is -1.11. The van der Waals surface area contributed by atoms with Gasteiger partial charge in [-0.3, -0.25) is 4.79 Å². The molecule has 2 rings (SSSR count). The Labute approximate surface area is 91.5 Å². The van der Waals surface area contributed by atoms with Crippen LogP contribution in [0.4, 0.5) is 0 Å². The Bertz CT molecular complexity index is 367. The summed E-state index contributed by atoms with van der Waals surface area (Å²) < 4.78 is 0. The van der Waals surface area contributed by atoms with Crippen molar-refractivity contribution < 1.29 is 4.79 Å². The molecule has 0 heterocycles. The Balaban J connectivity index is 2.21. The molecule has 1 atom stereocenters. The zero-order valence-corrected chi connectivity index (χ0v) is 9.71. The van der Waals surface area contributed by atoms with Gasteiger partial charge in [0.25, 0.3) is 0 Å². The first kappa shape index (κ1) is 10.4. The summed E-state index contributed by atoms with van der Waals surface area (Å²) in [6, 6.07) is 8.53. The van der Waals surface area contributed by atoms with Gasteiger partial charge >= 0.3 is 0 Å². The largest absolute Gasteiger partial charge is 0.299 e. The molecule has 0 aliphatic heterocycles. The van der Waals surface area contributed by atoms with Crippen molar-refractivity contribution in [3.8, 4) is 0 Å². The second-order valence-electron chi connectivity index (χ2n) is 5.43. The Kier molecular flexibility index (Phi) is 2.41. The summed E-state index contributed by atoms with van der Waals surface area (Å²) in [5.41, 5.74) is 2.72. The highest BCUT2D eigenvalue weighted by molar-refractivity contribution is 5.91. The van der Waals surface area contributed by atoms with Crippen LogP contribution in [-0.4, -0.2) is 5.78 Å². The highest BCUT2D eigenvalue weighted by Crippen LogP contribution is 2.33. The summed E-state index contributed by atoms with van der Waals surface area (Å²) in [5.74, 6) is 0.595. The second-order valence-corrected chi connectivity index (χ2v) is 5.43. The predicted molar refractivity (Wildman–Crippen MR) is 62.1 cm³/mol. The van der Waals surface area contributed by atoms with E-state index < -0.39 is 0 Å². The normalized spacial score (nSPS) is 21.3. The monoisotopic (exact) mass is 202 g/mol. The fourth-order valence-electron chi connectivity index (χ4n) is 1.97. The van der Waals surface area contributed by atoms with Gasteiger partial charge < -0.3 is 0 Å². The average molecular weight is 202 g/mol. The summed E-state index contributed by atoms with van der Waals surface area (Å²) in [6.07, 6.45) is 1.80. The predicted octanol–water partition coefficient (Wildman–Crippen LogP) is 3.43. The quantitative estimate of drug-likeness (QED) is 0.682. The zero-order chi connectivity index (χ0) is 11.1. The van der Waals surface area contributed by atoms with E-state index in [1.807, 2.05) is 0 Å². The van der Waals surface area contributed by atoms with E-state index in [0.29, 0.717) is 5.78 Å². The van der Waals surface area contributed by atoms with Crippen LogP contribution < -0.4 is 0 Å². The van der Waals surface area contributed by atoms with E-state index in [4.69, 9.17) is 0 Å². The van der Waals surface area contributed by atoms with Crippen molar-refractivity contribution in [2.45, 2.75) is 44.9 Å². The van der Waals surface area contributed by atoms with Crippen LogP contribution in [0.3, 0.4) is 0 Å². The fourth-order valence-corrected chi connectivity index (χ4v) is 1.97. The van der Waals surface area contributed by atoms with E-state index in [1.165, 1.54) is 11.1 Å². The molecule has 1 nitrogen and oxygen atoms in total. The maximum absolute atomic E-state index is 11.3. The third kappa shape index (κ3) is 1.97. The van der Waals surface area contributed by atoms with Crippen molar-refractivity contribution in [2.24, 2.45) is 0 Å². The molecule has 1 fully saturated rings. The molecule has 0 N–H and O–H groups in total.